The van der Waals surface area contributed by atoms with Gasteiger partial charge in [0.2, 0.25) is 5.95 Å². The lowest BCUT2D eigenvalue weighted by Gasteiger charge is -2.34. The summed E-state index contributed by atoms with van der Waals surface area (Å²) in [6.07, 6.45) is 4.11. The molecule has 1 saturated carbocycles. The SMILES string of the molecule is CN(CC1CC(Cl)C1)c1ncc2ccccc2n1. The summed E-state index contributed by atoms with van der Waals surface area (Å²) < 4.78 is 0. The van der Waals surface area contributed by atoms with Gasteiger partial charge in [0.15, 0.2) is 0 Å². The van der Waals surface area contributed by atoms with Crippen molar-refractivity contribution in [3.63, 3.8) is 0 Å². The van der Waals surface area contributed by atoms with Crippen molar-refractivity contribution in [3.8, 4) is 0 Å². The van der Waals surface area contributed by atoms with Gasteiger partial charge in [0.05, 0.1) is 5.52 Å². The van der Waals surface area contributed by atoms with Crippen LogP contribution in [0.25, 0.3) is 10.9 Å². The highest BCUT2D eigenvalue weighted by molar-refractivity contribution is 6.21. The van der Waals surface area contributed by atoms with Crippen molar-refractivity contribution in [1.82, 2.24) is 9.97 Å². The zero-order valence-electron chi connectivity index (χ0n) is 10.4. The van der Waals surface area contributed by atoms with Crippen molar-refractivity contribution >= 4 is 28.5 Å². The lowest BCUT2D eigenvalue weighted by Crippen LogP contribution is -2.35. The zero-order chi connectivity index (χ0) is 12.5. The average Bonchev–Trinajstić information content (AvgIpc) is 2.36. The number of fused-ring (bicyclic) bond motifs is 1. The van der Waals surface area contributed by atoms with Crippen molar-refractivity contribution in [1.29, 1.82) is 0 Å². The Morgan fingerprint density at radius 1 is 1.33 bits per heavy atom. The maximum absolute atomic E-state index is 6.00. The first-order valence-corrected chi connectivity index (χ1v) is 6.73. The predicted molar refractivity (Wildman–Crippen MR) is 75.2 cm³/mol. The lowest BCUT2D eigenvalue weighted by molar-refractivity contribution is 0.328. The highest BCUT2D eigenvalue weighted by atomic mass is 35.5. The van der Waals surface area contributed by atoms with Crippen molar-refractivity contribution in [2.24, 2.45) is 5.92 Å². The number of halogens is 1. The van der Waals surface area contributed by atoms with Gasteiger partial charge in [-0.15, -0.1) is 11.6 Å². The number of hydrogen-bond donors (Lipinski definition) is 0. The minimum atomic E-state index is 0.376. The Bertz CT molecular complexity index is 551. The van der Waals surface area contributed by atoms with Gasteiger partial charge >= 0.3 is 0 Å². The van der Waals surface area contributed by atoms with Crippen LogP contribution in [0.15, 0.2) is 30.5 Å². The summed E-state index contributed by atoms with van der Waals surface area (Å²) in [4.78, 5) is 11.1. The molecule has 1 aliphatic rings. The quantitative estimate of drug-likeness (QED) is 0.795. The van der Waals surface area contributed by atoms with Gasteiger partial charge in [-0.05, 0) is 24.8 Å². The first-order chi connectivity index (χ1) is 8.72. The molecule has 0 unspecified atom stereocenters. The van der Waals surface area contributed by atoms with Crippen LogP contribution in [0.3, 0.4) is 0 Å². The number of hydrogen-bond acceptors (Lipinski definition) is 3. The maximum Gasteiger partial charge on any atom is 0.225 e. The fraction of sp³-hybridized carbons (Fsp3) is 0.429. The molecule has 1 aromatic heterocycles. The van der Waals surface area contributed by atoms with Crippen LogP contribution in [-0.2, 0) is 0 Å². The highest BCUT2D eigenvalue weighted by Gasteiger charge is 2.28. The second-order valence-corrected chi connectivity index (χ2v) is 5.66. The molecule has 3 rings (SSSR count). The Morgan fingerprint density at radius 3 is 2.89 bits per heavy atom. The molecule has 1 aliphatic carbocycles. The molecule has 4 heteroatoms. The van der Waals surface area contributed by atoms with Gasteiger partial charge in [-0.2, -0.15) is 0 Å². The van der Waals surface area contributed by atoms with Gasteiger partial charge in [-0.1, -0.05) is 18.2 Å². The topological polar surface area (TPSA) is 29.0 Å². The van der Waals surface area contributed by atoms with E-state index in [0.717, 1.165) is 36.2 Å². The van der Waals surface area contributed by atoms with E-state index in [1.54, 1.807) is 0 Å². The molecule has 94 valence electrons. The molecule has 1 heterocycles. The maximum atomic E-state index is 6.00. The minimum absolute atomic E-state index is 0.376. The number of rotatable bonds is 3. The van der Waals surface area contributed by atoms with E-state index < -0.39 is 0 Å². The molecule has 0 saturated heterocycles. The van der Waals surface area contributed by atoms with Gasteiger partial charge in [-0.25, -0.2) is 9.97 Å². The molecule has 0 atom stereocenters. The summed E-state index contributed by atoms with van der Waals surface area (Å²) in [5.41, 5.74) is 0.998. The van der Waals surface area contributed by atoms with Gasteiger partial charge in [-0.3, -0.25) is 0 Å². The summed E-state index contributed by atoms with van der Waals surface area (Å²) in [5.74, 6) is 1.49. The third-order valence-electron chi connectivity index (χ3n) is 3.53. The van der Waals surface area contributed by atoms with Crippen LogP contribution in [-0.4, -0.2) is 28.9 Å². The molecule has 1 aromatic carbocycles. The summed E-state index contributed by atoms with van der Waals surface area (Å²) in [7, 11) is 2.05. The summed E-state index contributed by atoms with van der Waals surface area (Å²) in [5, 5.41) is 1.46. The van der Waals surface area contributed by atoms with E-state index in [1.165, 1.54) is 0 Å². The Kier molecular flexibility index (Phi) is 3.08. The highest BCUT2D eigenvalue weighted by Crippen LogP contribution is 2.32. The third kappa shape index (κ3) is 2.27. The number of nitrogens with zero attached hydrogens (tertiary/aromatic N) is 3. The van der Waals surface area contributed by atoms with Crippen LogP contribution >= 0.6 is 11.6 Å². The number of benzene rings is 1. The van der Waals surface area contributed by atoms with Crippen molar-refractivity contribution in [3.05, 3.63) is 30.5 Å². The largest absolute Gasteiger partial charge is 0.344 e. The Hall–Kier alpha value is -1.35. The van der Waals surface area contributed by atoms with Crippen LogP contribution in [0.5, 0.6) is 0 Å². The van der Waals surface area contributed by atoms with Crippen LogP contribution < -0.4 is 4.90 Å². The van der Waals surface area contributed by atoms with Crippen LogP contribution in [0.4, 0.5) is 5.95 Å². The van der Waals surface area contributed by atoms with Gasteiger partial charge in [0.25, 0.3) is 0 Å². The molecule has 0 radical (unpaired) electrons. The smallest absolute Gasteiger partial charge is 0.225 e. The molecular formula is C14H16ClN3. The summed E-state index contributed by atoms with van der Waals surface area (Å²) in [6, 6.07) is 8.06. The minimum Gasteiger partial charge on any atom is -0.344 e. The first kappa shape index (κ1) is 11.7. The molecule has 18 heavy (non-hydrogen) atoms. The molecule has 0 amide bonds. The fourth-order valence-corrected chi connectivity index (χ4v) is 2.92. The first-order valence-electron chi connectivity index (χ1n) is 6.29. The van der Waals surface area contributed by atoms with E-state index in [2.05, 4.69) is 14.9 Å². The predicted octanol–water partition coefficient (Wildman–Crippen LogP) is 3.08. The molecule has 0 aliphatic heterocycles. The monoisotopic (exact) mass is 261 g/mol. The second-order valence-electron chi connectivity index (χ2n) is 5.04. The Morgan fingerprint density at radius 2 is 2.11 bits per heavy atom. The summed E-state index contributed by atoms with van der Waals surface area (Å²) in [6.45, 7) is 0.988. The molecular weight excluding hydrogens is 246 g/mol. The van der Waals surface area contributed by atoms with E-state index in [4.69, 9.17) is 11.6 Å². The van der Waals surface area contributed by atoms with E-state index >= 15 is 0 Å². The Balaban J connectivity index is 1.76. The summed E-state index contributed by atoms with van der Waals surface area (Å²) >= 11 is 6.00. The standard InChI is InChI=1S/C14H16ClN3/c1-18(9-10-6-12(15)7-10)14-16-8-11-4-2-3-5-13(11)17-14/h2-5,8,10,12H,6-7,9H2,1H3. The molecule has 0 spiro atoms. The Labute approximate surface area is 112 Å². The number of alkyl halides is 1. The van der Waals surface area contributed by atoms with Crippen molar-refractivity contribution in [2.45, 2.75) is 18.2 Å². The molecule has 2 aromatic rings. The van der Waals surface area contributed by atoms with E-state index in [0.29, 0.717) is 11.3 Å². The van der Waals surface area contributed by atoms with Crippen molar-refractivity contribution in [2.75, 3.05) is 18.5 Å². The fourth-order valence-electron chi connectivity index (χ4n) is 2.42. The van der Waals surface area contributed by atoms with Crippen LogP contribution in [0, 0.1) is 5.92 Å². The van der Waals surface area contributed by atoms with Crippen LogP contribution in [0.2, 0.25) is 0 Å². The molecule has 0 bridgehead atoms. The van der Waals surface area contributed by atoms with E-state index in [9.17, 15) is 0 Å². The van der Waals surface area contributed by atoms with Gasteiger partial charge in [0.1, 0.15) is 0 Å². The molecule has 1 fully saturated rings. The number of para-hydroxylation sites is 1. The normalized spacial score (nSPS) is 22.8. The number of anilines is 1. The lowest BCUT2D eigenvalue weighted by atomic mass is 9.84. The number of aromatic nitrogens is 2. The van der Waals surface area contributed by atoms with Gasteiger partial charge in [0, 0.05) is 30.6 Å². The van der Waals surface area contributed by atoms with E-state index in [1.807, 2.05) is 37.5 Å². The molecule has 3 nitrogen and oxygen atoms in total. The third-order valence-corrected chi connectivity index (χ3v) is 3.88. The van der Waals surface area contributed by atoms with E-state index in [-0.39, 0.29) is 0 Å². The van der Waals surface area contributed by atoms with Gasteiger partial charge < -0.3 is 4.90 Å². The average molecular weight is 262 g/mol. The zero-order valence-corrected chi connectivity index (χ0v) is 11.1. The van der Waals surface area contributed by atoms with Crippen molar-refractivity contribution < 1.29 is 0 Å². The van der Waals surface area contributed by atoms with Crippen LogP contribution in [0.1, 0.15) is 12.8 Å². The molecule has 0 N–H and O–H groups in total. The second kappa shape index (κ2) is 4.73.